The molecular formula is C15H16Cl2N2O2. The fourth-order valence-electron chi connectivity index (χ4n) is 2.10. The molecule has 1 heterocycles. The van der Waals surface area contributed by atoms with Gasteiger partial charge in [-0.1, -0.05) is 23.2 Å². The molecule has 6 heteroatoms. The third-order valence-corrected chi connectivity index (χ3v) is 3.80. The Bertz CT molecular complexity index is 668. The zero-order valence-corrected chi connectivity index (χ0v) is 13.0. The van der Waals surface area contributed by atoms with Crippen molar-refractivity contribution in [3.8, 4) is 0 Å². The van der Waals surface area contributed by atoms with Crippen molar-refractivity contribution in [3.05, 3.63) is 57.3 Å². The predicted octanol–water partition coefficient (Wildman–Crippen LogP) is 2.43. The highest BCUT2D eigenvalue weighted by Crippen LogP contribution is 2.24. The summed E-state index contributed by atoms with van der Waals surface area (Å²) in [5.74, 6) is -0.170. The van der Waals surface area contributed by atoms with Crippen molar-refractivity contribution in [2.24, 2.45) is 12.8 Å². The summed E-state index contributed by atoms with van der Waals surface area (Å²) < 4.78 is 1.83. The highest BCUT2D eigenvalue weighted by Gasteiger charge is 2.17. The first-order chi connectivity index (χ1) is 9.92. The first-order valence-corrected chi connectivity index (χ1v) is 7.19. The maximum atomic E-state index is 12.5. The molecule has 4 nitrogen and oxygen atoms in total. The van der Waals surface area contributed by atoms with Gasteiger partial charge in [0.25, 0.3) is 0 Å². The normalized spacial score (nSPS) is 12.4. The molecule has 0 amide bonds. The molecule has 0 aliphatic carbocycles. The average Bonchev–Trinajstić information content (AvgIpc) is 2.79. The lowest BCUT2D eigenvalue weighted by molar-refractivity contribution is 0.103. The predicted molar refractivity (Wildman–Crippen MR) is 84.1 cm³/mol. The number of aryl methyl sites for hydroxylation is 1. The van der Waals surface area contributed by atoms with Crippen LogP contribution in [0.25, 0.3) is 0 Å². The average molecular weight is 327 g/mol. The van der Waals surface area contributed by atoms with Gasteiger partial charge in [0.2, 0.25) is 0 Å². The number of rotatable bonds is 5. The van der Waals surface area contributed by atoms with Crippen LogP contribution < -0.4 is 5.73 Å². The minimum Gasteiger partial charge on any atom is -0.395 e. The standard InChI is InChI=1S/C15H16Cl2N2O2/c1-19-7-9(4-12(19)6-11(18)8-20)15(21)13-3-2-10(16)5-14(13)17/h2-5,7,11,20H,6,8,18H2,1H3. The van der Waals surface area contributed by atoms with E-state index < -0.39 is 0 Å². The smallest absolute Gasteiger partial charge is 0.196 e. The van der Waals surface area contributed by atoms with Crippen molar-refractivity contribution in [1.82, 2.24) is 4.57 Å². The molecule has 0 aliphatic rings. The number of aliphatic hydroxyl groups is 1. The molecule has 1 unspecified atom stereocenters. The second-order valence-electron chi connectivity index (χ2n) is 4.93. The van der Waals surface area contributed by atoms with E-state index in [1.165, 1.54) is 0 Å². The van der Waals surface area contributed by atoms with E-state index in [0.717, 1.165) is 5.69 Å². The lowest BCUT2D eigenvalue weighted by Crippen LogP contribution is -2.27. The molecule has 1 aromatic carbocycles. The van der Waals surface area contributed by atoms with Crippen LogP contribution in [0.5, 0.6) is 0 Å². The topological polar surface area (TPSA) is 68.2 Å². The Kier molecular flexibility index (Phi) is 5.06. The number of aromatic nitrogens is 1. The van der Waals surface area contributed by atoms with Crippen LogP contribution in [0.4, 0.5) is 0 Å². The number of aliphatic hydroxyl groups excluding tert-OH is 1. The Labute approximate surface area is 133 Å². The van der Waals surface area contributed by atoms with E-state index in [2.05, 4.69) is 0 Å². The zero-order chi connectivity index (χ0) is 15.6. The van der Waals surface area contributed by atoms with Crippen molar-refractivity contribution >= 4 is 29.0 Å². The number of nitrogens with zero attached hydrogens (tertiary/aromatic N) is 1. The second kappa shape index (κ2) is 6.62. The monoisotopic (exact) mass is 326 g/mol. The lowest BCUT2D eigenvalue weighted by atomic mass is 10.1. The van der Waals surface area contributed by atoms with Crippen molar-refractivity contribution in [2.45, 2.75) is 12.5 Å². The third-order valence-electron chi connectivity index (χ3n) is 3.25. The molecule has 0 bridgehead atoms. The fraction of sp³-hybridized carbons (Fsp3) is 0.267. The molecule has 0 saturated carbocycles. The van der Waals surface area contributed by atoms with Gasteiger partial charge < -0.3 is 15.4 Å². The summed E-state index contributed by atoms with van der Waals surface area (Å²) >= 11 is 11.9. The minimum atomic E-state index is -0.347. The van der Waals surface area contributed by atoms with E-state index in [9.17, 15) is 4.79 Å². The summed E-state index contributed by atoms with van der Waals surface area (Å²) in [5.41, 5.74) is 7.54. The van der Waals surface area contributed by atoms with E-state index in [0.29, 0.717) is 27.6 Å². The summed E-state index contributed by atoms with van der Waals surface area (Å²) in [7, 11) is 1.83. The van der Waals surface area contributed by atoms with Gasteiger partial charge >= 0.3 is 0 Å². The summed E-state index contributed by atoms with van der Waals surface area (Å²) in [6, 6.07) is 6.20. The Hall–Kier alpha value is -1.33. The van der Waals surface area contributed by atoms with Crippen molar-refractivity contribution in [2.75, 3.05) is 6.61 Å². The quantitative estimate of drug-likeness (QED) is 0.829. The molecule has 0 aliphatic heterocycles. The molecule has 0 spiro atoms. The third kappa shape index (κ3) is 3.66. The maximum Gasteiger partial charge on any atom is 0.196 e. The minimum absolute atomic E-state index is 0.0997. The second-order valence-corrected chi connectivity index (χ2v) is 5.77. The SMILES string of the molecule is Cn1cc(C(=O)c2ccc(Cl)cc2Cl)cc1CC(N)CO. The lowest BCUT2D eigenvalue weighted by Gasteiger charge is -2.08. The van der Waals surface area contributed by atoms with E-state index in [4.69, 9.17) is 34.0 Å². The largest absolute Gasteiger partial charge is 0.395 e. The van der Waals surface area contributed by atoms with Crippen LogP contribution in [0.1, 0.15) is 21.6 Å². The number of benzene rings is 1. The first-order valence-electron chi connectivity index (χ1n) is 6.43. The summed E-state index contributed by atoms with van der Waals surface area (Å²) in [6.45, 7) is -0.0997. The molecule has 1 atom stereocenters. The number of hydrogen-bond donors (Lipinski definition) is 2. The number of hydrogen-bond acceptors (Lipinski definition) is 3. The number of carbonyl (C=O) groups is 1. The first kappa shape index (κ1) is 16.0. The number of ketones is 1. The number of nitrogens with two attached hydrogens (primary N) is 1. The van der Waals surface area contributed by atoms with Gasteiger partial charge in [-0.3, -0.25) is 4.79 Å². The molecule has 21 heavy (non-hydrogen) atoms. The van der Waals surface area contributed by atoms with Gasteiger partial charge in [-0.25, -0.2) is 0 Å². The fourth-order valence-corrected chi connectivity index (χ4v) is 2.59. The number of carbonyl (C=O) groups excluding carboxylic acids is 1. The molecule has 0 saturated heterocycles. The molecule has 0 radical (unpaired) electrons. The van der Waals surface area contributed by atoms with E-state index in [1.54, 1.807) is 30.5 Å². The van der Waals surface area contributed by atoms with Crippen LogP contribution in [-0.2, 0) is 13.5 Å². The van der Waals surface area contributed by atoms with E-state index in [1.807, 2.05) is 11.6 Å². The highest BCUT2D eigenvalue weighted by atomic mass is 35.5. The summed E-state index contributed by atoms with van der Waals surface area (Å²) in [5, 5.41) is 9.82. The van der Waals surface area contributed by atoms with Crippen LogP contribution in [0.3, 0.4) is 0 Å². The Balaban J connectivity index is 2.29. The van der Waals surface area contributed by atoms with Crippen molar-refractivity contribution in [3.63, 3.8) is 0 Å². The van der Waals surface area contributed by atoms with Crippen LogP contribution in [0.15, 0.2) is 30.5 Å². The van der Waals surface area contributed by atoms with Gasteiger partial charge in [-0.05, 0) is 24.3 Å². The van der Waals surface area contributed by atoms with Gasteiger partial charge in [0.1, 0.15) is 0 Å². The van der Waals surface area contributed by atoms with E-state index in [-0.39, 0.29) is 18.4 Å². The zero-order valence-electron chi connectivity index (χ0n) is 11.5. The van der Waals surface area contributed by atoms with E-state index >= 15 is 0 Å². The van der Waals surface area contributed by atoms with Crippen LogP contribution >= 0.6 is 23.2 Å². The molecule has 2 aromatic rings. The van der Waals surface area contributed by atoms with Gasteiger partial charge in [0, 0.05) is 47.6 Å². The van der Waals surface area contributed by atoms with Crippen LogP contribution in [0.2, 0.25) is 10.0 Å². The molecule has 2 rings (SSSR count). The van der Waals surface area contributed by atoms with Crippen molar-refractivity contribution < 1.29 is 9.90 Å². The van der Waals surface area contributed by atoms with Crippen LogP contribution in [0, 0.1) is 0 Å². The molecule has 0 fully saturated rings. The molecule has 3 N–H and O–H groups in total. The molecule has 1 aromatic heterocycles. The van der Waals surface area contributed by atoms with Crippen LogP contribution in [-0.4, -0.2) is 28.1 Å². The van der Waals surface area contributed by atoms with Gasteiger partial charge in [-0.15, -0.1) is 0 Å². The summed E-state index contributed by atoms with van der Waals surface area (Å²) in [4.78, 5) is 12.5. The maximum absolute atomic E-state index is 12.5. The molecular weight excluding hydrogens is 311 g/mol. The van der Waals surface area contributed by atoms with Gasteiger partial charge in [0.05, 0.1) is 11.6 Å². The Morgan fingerprint density at radius 2 is 2.10 bits per heavy atom. The Morgan fingerprint density at radius 1 is 1.38 bits per heavy atom. The van der Waals surface area contributed by atoms with Crippen molar-refractivity contribution in [1.29, 1.82) is 0 Å². The van der Waals surface area contributed by atoms with Gasteiger partial charge in [-0.2, -0.15) is 0 Å². The highest BCUT2D eigenvalue weighted by molar-refractivity contribution is 6.37. The van der Waals surface area contributed by atoms with Gasteiger partial charge in [0.15, 0.2) is 5.78 Å². The molecule has 112 valence electrons. The number of halogens is 2. The summed E-state index contributed by atoms with van der Waals surface area (Å²) in [6.07, 6.45) is 2.22. The Morgan fingerprint density at radius 3 is 2.71 bits per heavy atom.